The number of nitrogens with one attached hydrogen (secondary N) is 1. The van der Waals surface area contributed by atoms with Crippen LogP contribution in [0.15, 0.2) is 66.7 Å². The lowest BCUT2D eigenvalue weighted by atomic mass is 9.88. The van der Waals surface area contributed by atoms with E-state index in [1.54, 1.807) is 48.5 Å². The van der Waals surface area contributed by atoms with E-state index in [9.17, 15) is 26.7 Å². The van der Waals surface area contributed by atoms with E-state index in [2.05, 4.69) is 5.32 Å². The molecule has 0 radical (unpaired) electrons. The highest BCUT2D eigenvalue weighted by molar-refractivity contribution is 5.90. The monoisotopic (exact) mass is 447 g/mol. The van der Waals surface area contributed by atoms with Crippen LogP contribution in [0.25, 0.3) is 6.08 Å². The van der Waals surface area contributed by atoms with Gasteiger partial charge in [0.15, 0.2) is 28.8 Å². The van der Waals surface area contributed by atoms with Gasteiger partial charge in [-0.05, 0) is 24.1 Å². The zero-order chi connectivity index (χ0) is 23.3. The van der Waals surface area contributed by atoms with Crippen molar-refractivity contribution < 1.29 is 31.5 Å². The molecule has 0 saturated carbocycles. The van der Waals surface area contributed by atoms with Crippen LogP contribution < -0.4 is 5.32 Å². The van der Waals surface area contributed by atoms with Crippen LogP contribution in [-0.2, 0) is 15.1 Å². The summed E-state index contributed by atoms with van der Waals surface area (Å²) in [5.41, 5.74) is -2.67. The third kappa shape index (κ3) is 4.34. The Labute approximate surface area is 181 Å². The van der Waals surface area contributed by atoms with Crippen molar-refractivity contribution in [2.45, 2.75) is 12.5 Å². The van der Waals surface area contributed by atoms with Gasteiger partial charge in [-0.15, -0.1) is 0 Å². The van der Waals surface area contributed by atoms with E-state index in [0.29, 0.717) is 5.56 Å². The molecule has 1 atom stereocenters. The van der Waals surface area contributed by atoms with Crippen LogP contribution in [0.5, 0.6) is 0 Å². The molecule has 0 spiro atoms. The minimum atomic E-state index is -2.30. The van der Waals surface area contributed by atoms with Gasteiger partial charge in [0.1, 0.15) is 5.69 Å². The van der Waals surface area contributed by atoms with Gasteiger partial charge in [-0.1, -0.05) is 66.7 Å². The summed E-state index contributed by atoms with van der Waals surface area (Å²) >= 11 is 0. The molecular weight excluding hydrogens is 429 g/mol. The van der Waals surface area contributed by atoms with Crippen LogP contribution in [0.2, 0.25) is 0 Å². The summed E-state index contributed by atoms with van der Waals surface area (Å²) in [5, 5.41) is 2.25. The van der Waals surface area contributed by atoms with Crippen molar-refractivity contribution in [3.8, 4) is 0 Å². The first-order valence-electron chi connectivity index (χ1n) is 9.58. The van der Waals surface area contributed by atoms with Crippen LogP contribution in [0, 0.1) is 29.1 Å². The Kier molecular flexibility index (Phi) is 6.92. The van der Waals surface area contributed by atoms with Gasteiger partial charge < -0.3 is 10.1 Å². The molecule has 0 amide bonds. The highest BCUT2D eigenvalue weighted by Crippen LogP contribution is 2.35. The Bertz CT molecular complexity index is 1110. The molecule has 0 aliphatic carbocycles. The van der Waals surface area contributed by atoms with Crippen LogP contribution in [-0.4, -0.2) is 12.6 Å². The SMILES string of the molecule is CCOC(=O)C(/C=C/c1ccccc1)(Nc1c(F)c(F)c(F)c(F)c1F)c1ccccc1. The summed E-state index contributed by atoms with van der Waals surface area (Å²) < 4.78 is 75.4. The second-order valence-electron chi connectivity index (χ2n) is 6.71. The van der Waals surface area contributed by atoms with E-state index in [0.717, 1.165) is 0 Å². The van der Waals surface area contributed by atoms with Crippen molar-refractivity contribution in [3.05, 3.63) is 107 Å². The third-order valence-electron chi connectivity index (χ3n) is 4.68. The maximum Gasteiger partial charge on any atom is 0.340 e. The number of anilines is 1. The first kappa shape index (κ1) is 23.0. The predicted octanol–water partition coefficient (Wildman–Crippen LogP) is 5.97. The second-order valence-corrected chi connectivity index (χ2v) is 6.71. The van der Waals surface area contributed by atoms with Crippen LogP contribution in [0.1, 0.15) is 18.1 Å². The molecule has 0 fully saturated rings. The average molecular weight is 447 g/mol. The standard InChI is InChI=1S/C24H18F5NO2/c1-2-32-23(31)24(16-11-7-4-8-12-16,14-13-15-9-5-3-6-10-15)30-22-20(28)18(26)17(25)19(27)21(22)29/h3-14,30H,2H2,1H3/b14-13+. The molecule has 1 unspecified atom stereocenters. The summed E-state index contributed by atoms with van der Waals surface area (Å²) in [4.78, 5) is 13.1. The molecule has 3 rings (SSSR count). The van der Waals surface area contributed by atoms with Crippen molar-refractivity contribution in [3.63, 3.8) is 0 Å². The zero-order valence-electron chi connectivity index (χ0n) is 16.8. The first-order chi connectivity index (χ1) is 15.3. The van der Waals surface area contributed by atoms with Gasteiger partial charge in [-0.25, -0.2) is 26.7 Å². The summed E-state index contributed by atoms with van der Waals surface area (Å²) in [6.45, 7) is 1.43. The molecule has 8 heteroatoms. The Morgan fingerprint density at radius 1 is 0.844 bits per heavy atom. The Morgan fingerprint density at radius 2 is 1.34 bits per heavy atom. The van der Waals surface area contributed by atoms with Gasteiger partial charge >= 0.3 is 5.97 Å². The van der Waals surface area contributed by atoms with Gasteiger partial charge in [0.2, 0.25) is 5.82 Å². The van der Waals surface area contributed by atoms with E-state index < -0.39 is 46.3 Å². The average Bonchev–Trinajstić information content (AvgIpc) is 2.82. The molecule has 3 aromatic rings. The van der Waals surface area contributed by atoms with Gasteiger partial charge in [0.25, 0.3) is 0 Å². The van der Waals surface area contributed by atoms with Crippen LogP contribution >= 0.6 is 0 Å². The minimum absolute atomic E-state index is 0.0919. The fourth-order valence-corrected chi connectivity index (χ4v) is 3.09. The number of rotatable bonds is 7. The quantitative estimate of drug-likeness (QED) is 0.210. The summed E-state index contributed by atoms with van der Waals surface area (Å²) in [6.07, 6.45) is 2.73. The summed E-state index contributed by atoms with van der Waals surface area (Å²) in [7, 11) is 0. The van der Waals surface area contributed by atoms with E-state index in [1.807, 2.05) is 0 Å². The maximum absolute atomic E-state index is 14.5. The molecule has 1 N–H and O–H groups in total. The summed E-state index contributed by atoms with van der Waals surface area (Å²) in [5.74, 6) is -11.8. The molecule has 0 bridgehead atoms. The van der Waals surface area contributed by atoms with E-state index in [1.165, 1.54) is 31.2 Å². The van der Waals surface area contributed by atoms with Gasteiger partial charge in [0.05, 0.1) is 6.61 Å². The topological polar surface area (TPSA) is 38.3 Å². The van der Waals surface area contributed by atoms with Gasteiger partial charge in [-0.2, -0.15) is 0 Å². The number of hydrogen-bond donors (Lipinski definition) is 1. The highest BCUT2D eigenvalue weighted by atomic mass is 19.2. The van der Waals surface area contributed by atoms with Crippen LogP contribution in [0.3, 0.4) is 0 Å². The molecule has 32 heavy (non-hydrogen) atoms. The molecule has 3 nitrogen and oxygen atoms in total. The number of hydrogen-bond acceptors (Lipinski definition) is 3. The fourth-order valence-electron chi connectivity index (χ4n) is 3.09. The maximum atomic E-state index is 14.5. The third-order valence-corrected chi connectivity index (χ3v) is 4.68. The number of ether oxygens (including phenoxy) is 1. The number of benzene rings is 3. The molecule has 0 aromatic heterocycles. The van der Waals surface area contributed by atoms with Crippen molar-refractivity contribution in [1.29, 1.82) is 0 Å². The number of esters is 1. The highest BCUT2D eigenvalue weighted by Gasteiger charge is 2.42. The molecule has 0 aliphatic heterocycles. The Hall–Kier alpha value is -3.68. The molecule has 3 aromatic carbocycles. The van der Waals surface area contributed by atoms with Gasteiger partial charge in [-0.3, -0.25) is 0 Å². The molecule has 0 aliphatic rings. The van der Waals surface area contributed by atoms with E-state index in [-0.39, 0.29) is 12.2 Å². The number of carbonyl (C=O) groups excluding carboxylic acids is 1. The Morgan fingerprint density at radius 3 is 1.88 bits per heavy atom. The lowest BCUT2D eigenvalue weighted by Crippen LogP contribution is -2.44. The normalized spacial score (nSPS) is 13.1. The lowest BCUT2D eigenvalue weighted by Gasteiger charge is -2.31. The van der Waals surface area contributed by atoms with Crippen LogP contribution in [0.4, 0.5) is 27.6 Å². The molecule has 0 heterocycles. The minimum Gasteiger partial charge on any atom is -0.464 e. The number of halogens is 5. The van der Waals surface area contributed by atoms with E-state index in [4.69, 9.17) is 4.74 Å². The zero-order valence-corrected chi connectivity index (χ0v) is 16.8. The number of carbonyl (C=O) groups is 1. The van der Waals surface area contributed by atoms with Crippen molar-refractivity contribution in [2.24, 2.45) is 0 Å². The Balaban J connectivity index is 2.27. The van der Waals surface area contributed by atoms with Crippen molar-refractivity contribution >= 4 is 17.7 Å². The fraction of sp³-hybridized carbons (Fsp3) is 0.125. The molecular formula is C24H18F5NO2. The first-order valence-corrected chi connectivity index (χ1v) is 9.58. The largest absolute Gasteiger partial charge is 0.464 e. The smallest absolute Gasteiger partial charge is 0.340 e. The molecule has 166 valence electrons. The van der Waals surface area contributed by atoms with Gasteiger partial charge in [0, 0.05) is 0 Å². The van der Waals surface area contributed by atoms with Crippen molar-refractivity contribution in [2.75, 3.05) is 11.9 Å². The van der Waals surface area contributed by atoms with Crippen molar-refractivity contribution in [1.82, 2.24) is 0 Å². The lowest BCUT2D eigenvalue weighted by molar-refractivity contribution is -0.147. The van der Waals surface area contributed by atoms with E-state index >= 15 is 0 Å². The summed E-state index contributed by atoms with van der Waals surface area (Å²) in [6, 6.07) is 16.3. The molecule has 0 saturated heterocycles. The second kappa shape index (κ2) is 9.64. The predicted molar refractivity (Wildman–Crippen MR) is 110 cm³/mol.